The van der Waals surface area contributed by atoms with E-state index < -0.39 is 73.8 Å². The number of fused-ring (bicyclic) bond motifs is 7. The summed E-state index contributed by atoms with van der Waals surface area (Å²) in [6, 6.07) is 3.10. The van der Waals surface area contributed by atoms with E-state index in [2.05, 4.69) is 54.2 Å². The first-order valence-corrected chi connectivity index (χ1v) is 24.7. The molecular formula is C46H76O11Si. The molecule has 3 heterocycles. The van der Waals surface area contributed by atoms with Crippen molar-refractivity contribution in [1.82, 2.24) is 0 Å². The van der Waals surface area contributed by atoms with Crippen molar-refractivity contribution in [2.24, 2.45) is 29.1 Å². The average molecular weight is 833 g/mol. The van der Waals surface area contributed by atoms with E-state index in [-0.39, 0.29) is 49.0 Å². The lowest BCUT2D eigenvalue weighted by Crippen LogP contribution is -2.65. The van der Waals surface area contributed by atoms with Gasteiger partial charge in [-0.1, -0.05) is 57.9 Å². The summed E-state index contributed by atoms with van der Waals surface area (Å²) in [5.41, 5.74) is 2.60. The largest absolute Gasteiger partial charge is 0.465 e. The second-order valence-corrected chi connectivity index (χ2v) is 24.4. The zero-order chi connectivity index (χ0) is 42.6. The van der Waals surface area contributed by atoms with Crippen LogP contribution < -0.4 is 0 Å². The highest BCUT2D eigenvalue weighted by Gasteiger charge is 2.62. The summed E-state index contributed by atoms with van der Waals surface area (Å²) in [5, 5.41) is 0. The number of rotatable bonds is 14. The summed E-state index contributed by atoms with van der Waals surface area (Å²) in [5.74, 6) is -1.78. The van der Waals surface area contributed by atoms with E-state index in [1.807, 2.05) is 41.5 Å². The maximum Gasteiger partial charge on any atom is 0.302 e. The van der Waals surface area contributed by atoms with Gasteiger partial charge in [0.2, 0.25) is 0 Å². The molecule has 13 atom stereocenters. The fourth-order valence-corrected chi connectivity index (χ4v) is 13.8. The first-order chi connectivity index (χ1) is 27.2. The Hall–Kier alpha value is -1.45. The van der Waals surface area contributed by atoms with E-state index in [1.165, 1.54) is 18.1 Å². The Kier molecular flexibility index (Phi) is 13.8. The molecule has 4 fully saturated rings. The SMILES string of the molecule is C=CC(C)(C)OC[C@H]1O[C@@H]2O[C@@H]3C4=C([C@H](C)COC(C)=O)C[C@H](O[Si](CC)(CC)CC)[C@]4(C)/C=C4/[C@@H](COC)CC[C@H]4[C@@H](C)[C@H]3OC(C)(C)O[C@@H]2[C@H]2OC(C)(C)O[C@@H]21. The lowest BCUT2D eigenvalue weighted by atomic mass is 9.67. The van der Waals surface area contributed by atoms with Crippen LogP contribution in [0.15, 0.2) is 35.5 Å². The molecule has 0 aromatic carbocycles. The van der Waals surface area contributed by atoms with Gasteiger partial charge in [-0.05, 0) is 103 Å². The Balaban J connectivity index is 1.55. The third-order valence-electron chi connectivity index (χ3n) is 14.4. The molecule has 0 spiro atoms. The molecule has 6 aliphatic rings. The van der Waals surface area contributed by atoms with Crippen molar-refractivity contribution >= 4 is 14.3 Å². The molecule has 3 aliphatic carbocycles. The number of hydrogen-bond acceptors (Lipinski definition) is 11. The van der Waals surface area contributed by atoms with Crippen LogP contribution in [0, 0.1) is 29.1 Å². The first-order valence-electron chi connectivity index (χ1n) is 22.2. The molecule has 0 unspecified atom stereocenters. The van der Waals surface area contributed by atoms with Crippen molar-refractivity contribution in [3.63, 3.8) is 0 Å². The van der Waals surface area contributed by atoms with E-state index in [0.717, 1.165) is 36.5 Å². The van der Waals surface area contributed by atoms with Gasteiger partial charge >= 0.3 is 5.97 Å². The van der Waals surface area contributed by atoms with Gasteiger partial charge in [-0.15, -0.1) is 6.58 Å². The van der Waals surface area contributed by atoms with E-state index in [1.54, 1.807) is 13.2 Å². The van der Waals surface area contributed by atoms with Gasteiger partial charge in [0, 0.05) is 31.3 Å². The number of carbonyl (C=O) groups is 1. The molecule has 0 radical (unpaired) electrons. The smallest absolute Gasteiger partial charge is 0.302 e. The van der Waals surface area contributed by atoms with Crippen LogP contribution in [0.25, 0.3) is 0 Å². The highest BCUT2D eigenvalue weighted by molar-refractivity contribution is 6.73. The van der Waals surface area contributed by atoms with Gasteiger partial charge in [-0.25, -0.2) is 0 Å². The molecule has 6 rings (SSSR count). The van der Waals surface area contributed by atoms with E-state index in [4.69, 9.17) is 47.1 Å². The standard InChI is InChI=1S/C46H76O11Si/c1-16-43(8,9)50-26-34-38-40(55-45(12,13)54-38)41-42(51-34)52-39-36-32(27(5)24-49-29(7)47)22-35(57-58(17-2,18-3)19-4)46(36,14)23-33-30(25-48-15)20-21-31(33)28(6)37(39)53-44(10,11)56-41/h16,23,27-28,30-31,34-35,37-42H,1,17-22,24-26H2,2-15H3/b33-23-/t27-,28-,30-,31+,34-,35+,37-,38-,39-,40+,41-,42-,46+/m1/s1. The predicted molar refractivity (Wildman–Crippen MR) is 224 cm³/mol. The Morgan fingerprint density at radius 3 is 2.17 bits per heavy atom. The van der Waals surface area contributed by atoms with Crippen molar-refractivity contribution in [3.8, 4) is 0 Å². The van der Waals surface area contributed by atoms with E-state index in [0.29, 0.717) is 13.0 Å². The fraction of sp³-hybridized carbons (Fsp3) is 0.848. The number of ether oxygens (including phenoxy) is 9. The summed E-state index contributed by atoms with van der Waals surface area (Å²) in [4.78, 5) is 12.3. The lowest BCUT2D eigenvalue weighted by molar-refractivity contribution is -0.388. The Bertz CT molecular complexity index is 1540. The summed E-state index contributed by atoms with van der Waals surface area (Å²) in [6.45, 7) is 32.1. The molecule has 330 valence electrons. The summed E-state index contributed by atoms with van der Waals surface area (Å²) >= 11 is 0. The molecule has 0 amide bonds. The summed E-state index contributed by atoms with van der Waals surface area (Å²) in [7, 11) is -0.325. The second-order valence-electron chi connectivity index (χ2n) is 19.7. The van der Waals surface area contributed by atoms with Gasteiger partial charge in [-0.2, -0.15) is 0 Å². The lowest BCUT2D eigenvalue weighted by Gasteiger charge is -2.53. The number of esters is 1. The third-order valence-corrected chi connectivity index (χ3v) is 19.1. The molecule has 58 heavy (non-hydrogen) atoms. The maximum absolute atomic E-state index is 12.3. The minimum absolute atomic E-state index is 0.0452. The van der Waals surface area contributed by atoms with Gasteiger partial charge in [0.1, 0.15) is 30.5 Å². The van der Waals surface area contributed by atoms with Crippen LogP contribution in [0.2, 0.25) is 18.1 Å². The van der Waals surface area contributed by atoms with Crippen molar-refractivity contribution in [3.05, 3.63) is 35.5 Å². The fourth-order valence-electron chi connectivity index (χ4n) is 10.9. The average Bonchev–Trinajstić information content (AvgIpc) is 3.80. The van der Waals surface area contributed by atoms with Crippen LogP contribution in [-0.4, -0.2) is 107 Å². The van der Waals surface area contributed by atoms with Crippen molar-refractivity contribution in [2.75, 3.05) is 26.9 Å². The monoisotopic (exact) mass is 833 g/mol. The molecule has 11 nitrogen and oxygen atoms in total. The molecule has 12 heteroatoms. The van der Waals surface area contributed by atoms with Gasteiger partial charge in [0.25, 0.3) is 0 Å². The molecule has 3 saturated heterocycles. The quantitative estimate of drug-likeness (QED) is 0.0954. The van der Waals surface area contributed by atoms with E-state index in [9.17, 15) is 4.79 Å². The van der Waals surface area contributed by atoms with Crippen LogP contribution in [0.3, 0.4) is 0 Å². The first kappa shape index (κ1) is 46.1. The van der Waals surface area contributed by atoms with Gasteiger partial charge < -0.3 is 47.1 Å². The molecule has 0 aromatic heterocycles. The summed E-state index contributed by atoms with van der Waals surface area (Å²) in [6.07, 6.45) is 2.93. The van der Waals surface area contributed by atoms with Gasteiger partial charge in [-0.3, -0.25) is 4.79 Å². The summed E-state index contributed by atoms with van der Waals surface area (Å²) < 4.78 is 67.9. The predicted octanol–water partition coefficient (Wildman–Crippen LogP) is 8.66. The zero-order valence-corrected chi connectivity index (χ0v) is 39.1. The van der Waals surface area contributed by atoms with E-state index >= 15 is 0 Å². The third kappa shape index (κ3) is 9.04. The van der Waals surface area contributed by atoms with Crippen LogP contribution in [-0.2, 0) is 51.9 Å². The molecule has 0 bridgehead atoms. The minimum atomic E-state index is -2.13. The Morgan fingerprint density at radius 1 is 0.948 bits per heavy atom. The highest BCUT2D eigenvalue weighted by atomic mass is 28.4. The van der Waals surface area contributed by atoms with Crippen LogP contribution >= 0.6 is 0 Å². The highest BCUT2D eigenvalue weighted by Crippen LogP contribution is 2.59. The van der Waals surface area contributed by atoms with Crippen molar-refractivity contribution < 1.29 is 51.9 Å². The molecule has 0 aromatic rings. The number of methoxy groups -OCH3 is 1. The Morgan fingerprint density at radius 2 is 1.57 bits per heavy atom. The van der Waals surface area contributed by atoms with Crippen LogP contribution in [0.1, 0.15) is 109 Å². The van der Waals surface area contributed by atoms with Gasteiger partial charge in [0.05, 0.1) is 37.6 Å². The number of carbonyl (C=O) groups excluding carboxylic acids is 1. The normalized spacial score (nSPS) is 39.7. The molecule has 3 aliphatic heterocycles. The van der Waals surface area contributed by atoms with Gasteiger partial charge in [0.15, 0.2) is 26.2 Å². The van der Waals surface area contributed by atoms with Crippen molar-refractivity contribution in [2.45, 2.75) is 194 Å². The van der Waals surface area contributed by atoms with Crippen LogP contribution in [0.5, 0.6) is 0 Å². The Labute approximate surface area is 350 Å². The second kappa shape index (κ2) is 17.4. The van der Waals surface area contributed by atoms with Crippen molar-refractivity contribution in [1.29, 1.82) is 0 Å². The molecule has 0 N–H and O–H groups in total. The zero-order valence-electron chi connectivity index (χ0n) is 38.1. The topological polar surface area (TPSA) is 109 Å². The van der Waals surface area contributed by atoms with Crippen LogP contribution in [0.4, 0.5) is 0 Å². The number of hydrogen-bond donors (Lipinski definition) is 0. The molecular weight excluding hydrogens is 757 g/mol. The molecule has 1 saturated carbocycles. The minimum Gasteiger partial charge on any atom is -0.465 e. The maximum atomic E-state index is 12.3.